The molecule has 1 unspecified atom stereocenters. The molecule has 0 spiro atoms. The highest BCUT2D eigenvalue weighted by Crippen LogP contribution is 2.21. The van der Waals surface area contributed by atoms with Gasteiger partial charge < -0.3 is 9.84 Å². The summed E-state index contributed by atoms with van der Waals surface area (Å²) in [5.74, 6) is -1.08. The minimum Gasteiger partial charge on any atom is -0.478 e. The van der Waals surface area contributed by atoms with Crippen LogP contribution >= 0.6 is 0 Å². The van der Waals surface area contributed by atoms with Crippen molar-refractivity contribution in [3.05, 3.63) is 35.9 Å². The van der Waals surface area contributed by atoms with Crippen molar-refractivity contribution in [3.63, 3.8) is 0 Å². The van der Waals surface area contributed by atoms with E-state index in [2.05, 4.69) is 0 Å². The first kappa shape index (κ1) is 15.7. The van der Waals surface area contributed by atoms with Crippen molar-refractivity contribution in [2.45, 2.75) is 17.4 Å². The van der Waals surface area contributed by atoms with Crippen LogP contribution in [0, 0.1) is 0 Å². The predicted molar refractivity (Wildman–Crippen MR) is 77.3 cm³/mol. The van der Waals surface area contributed by atoms with Gasteiger partial charge in [-0.1, -0.05) is 12.1 Å². The highest BCUT2D eigenvalue weighted by atomic mass is 32.2. The van der Waals surface area contributed by atoms with Crippen LogP contribution in [0.15, 0.2) is 35.2 Å². The number of carboxylic acid groups (broad SMARTS) is 1. The van der Waals surface area contributed by atoms with Crippen molar-refractivity contribution >= 4 is 22.1 Å². The number of carboxylic acids is 1. The average molecular weight is 311 g/mol. The molecule has 1 saturated heterocycles. The molecule has 0 aliphatic carbocycles. The molecule has 1 aliphatic heterocycles. The lowest BCUT2D eigenvalue weighted by Gasteiger charge is -2.22. The third kappa shape index (κ3) is 3.69. The molecule has 1 atom stereocenters. The first-order valence-corrected chi connectivity index (χ1v) is 7.92. The first-order valence-electron chi connectivity index (χ1n) is 6.48. The van der Waals surface area contributed by atoms with Gasteiger partial charge >= 0.3 is 5.97 Å². The van der Waals surface area contributed by atoms with E-state index in [1.165, 1.54) is 29.6 Å². The second-order valence-corrected chi connectivity index (χ2v) is 6.78. The molecule has 1 aliphatic rings. The minimum absolute atomic E-state index is 0.143. The largest absolute Gasteiger partial charge is 0.478 e. The Labute approximate surface area is 123 Å². The van der Waals surface area contributed by atoms with E-state index in [9.17, 15) is 13.2 Å². The lowest BCUT2D eigenvalue weighted by molar-refractivity contribution is -0.131. The van der Waals surface area contributed by atoms with Gasteiger partial charge in [-0.25, -0.2) is 13.2 Å². The summed E-state index contributed by atoms with van der Waals surface area (Å²) in [5, 5.41) is 8.61. The summed E-state index contributed by atoms with van der Waals surface area (Å²) in [6, 6.07) is 6.04. The fourth-order valence-corrected chi connectivity index (χ4v) is 3.54. The summed E-state index contributed by atoms with van der Waals surface area (Å²) in [5.41, 5.74) is 0.523. The van der Waals surface area contributed by atoms with Crippen molar-refractivity contribution in [1.82, 2.24) is 4.31 Å². The van der Waals surface area contributed by atoms with Gasteiger partial charge in [0.15, 0.2) is 0 Å². The molecule has 7 heteroatoms. The average Bonchev–Trinajstić information content (AvgIpc) is 2.98. The van der Waals surface area contributed by atoms with Gasteiger partial charge in [0.05, 0.1) is 17.5 Å². The molecule has 1 fully saturated rings. The van der Waals surface area contributed by atoms with E-state index < -0.39 is 16.0 Å². The highest BCUT2D eigenvalue weighted by Gasteiger charge is 2.30. The molecule has 114 valence electrons. The zero-order valence-corrected chi connectivity index (χ0v) is 12.4. The molecule has 0 saturated carbocycles. The van der Waals surface area contributed by atoms with E-state index in [-0.39, 0.29) is 10.9 Å². The molecule has 1 heterocycles. The SMILES string of the molecule is CN(C1CCOC1)S(=O)(=O)c1cccc(/C=C/C(=O)O)c1. The molecule has 0 amide bonds. The smallest absolute Gasteiger partial charge is 0.328 e. The number of aliphatic carboxylic acids is 1. The Morgan fingerprint density at radius 3 is 2.86 bits per heavy atom. The van der Waals surface area contributed by atoms with E-state index in [0.717, 1.165) is 6.08 Å². The Morgan fingerprint density at radius 2 is 2.24 bits per heavy atom. The lowest BCUT2D eigenvalue weighted by atomic mass is 10.2. The number of likely N-dealkylation sites (N-methyl/N-ethyl adjacent to an activating group) is 1. The van der Waals surface area contributed by atoms with Gasteiger partial charge in [-0.05, 0) is 30.2 Å². The van der Waals surface area contributed by atoms with Crippen LogP contribution in [-0.2, 0) is 19.6 Å². The second kappa shape index (κ2) is 6.38. The van der Waals surface area contributed by atoms with Crippen LogP contribution in [0.1, 0.15) is 12.0 Å². The fraction of sp³-hybridized carbons (Fsp3) is 0.357. The summed E-state index contributed by atoms with van der Waals surface area (Å²) < 4.78 is 31.6. The Balaban J connectivity index is 2.27. The molecule has 0 aromatic heterocycles. The normalized spacial score (nSPS) is 19.4. The van der Waals surface area contributed by atoms with E-state index in [4.69, 9.17) is 9.84 Å². The molecule has 6 nitrogen and oxygen atoms in total. The van der Waals surface area contributed by atoms with Crippen LogP contribution in [0.5, 0.6) is 0 Å². The number of rotatable bonds is 5. The molecule has 1 aromatic carbocycles. The van der Waals surface area contributed by atoms with Crippen LogP contribution in [0.2, 0.25) is 0 Å². The lowest BCUT2D eigenvalue weighted by Crippen LogP contribution is -2.37. The van der Waals surface area contributed by atoms with Gasteiger partial charge in [-0.15, -0.1) is 0 Å². The Bertz CT molecular complexity index is 647. The van der Waals surface area contributed by atoms with Gasteiger partial charge in [-0.3, -0.25) is 0 Å². The van der Waals surface area contributed by atoms with Crippen LogP contribution in [0.25, 0.3) is 6.08 Å². The molecular weight excluding hydrogens is 294 g/mol. The van der Waals surface area contributed by atoms with E-state index >= 15 is 0 Å². The van der Waals surface area contributed by atoms with Crippen molar-refractivity contribution in [2.75, 3.05) is 20.3 Å². The van der Waals surface area contributed by atoms with Crippen LogP contribution < -0.4 is 0 Å². The molecular formula is C14H17NO5S. The maximum absolute atomic E-state index is 12.5. The van der Waals surface area contributed by atoms with Gasteiger partial charge in [0.1, 0.15) is 0 Å². The van der Waals surface area contributed by atoms with Gasteiger partial charge in [0.2, 0.25) is 10.0 Å². The van der Waals surface area contributed by atoms with Crippen molar-refractivity contribution < 1.29 is 23.1 Å². The monoisotopic (exact) mass is 311 g/mol. The number of nitrogens with zero attached hydrogens (tertiary/aromatic N) is 1. The topological polar surface area (TPSA) is 83.9 Å². The third-order valence-electron chi connectivity index (χ3n) is 3.37. The molecule has 21 heavy (non-hydrogen) atoms. The maximum atomic E-state index is 12.5. The molecule has 0 radical (unpaired) electrons. The number of hydrogen-bond donors (Lipinski definition) is 1. The molecule has 0 bridgehead atoms. The highest BCUT2D eigenvalue weighted by molar-refractivity contribution is 7.89. The molecule has 2 rings (SSSR count). The van der Waals surface area contributed by atoms with Crippen LogP contribution in [-0.4, -0.2) is 50.1 Å². The number of ether oxygens (including phenoxy) is 1. The number of hydrogen-bond acceptors (Lipinski definition) is 4. The standard InChI is InChI=1S/C14H17NO5S/c1-15(12-7-8-20-10-12)21(18,19)13-4-2-3-11(9-13)5-6-14(16)17/h2-6,9,12H,7-8,10H2,1H3,(H,16,17)/b6-5+. The first-order chi connectivity index (χ1) is 9.91. The predicted octanol–water partition coefficient (Wildman–Crippen LogP) is 1.19. The zero-order chi connectivity index (χ0) is 15.5. The van der Waals surface area contributed by atoms with Gasteiger partial charge in [-0.2, -0.15) is 4.31 Å². The summed E-state index contributed by atoms with van der Waals surface area (Å²) in [7, 11) is -2.08. The van der Waals surface area contributed by atoms with Crippen molar-refractivity contribution in [3.8, 4) is 0 Å². The Morgan fingerprint density at radius 1 is 1.48 bits per heavy atom. The van der Waals surface area contributed by atoms with Gasteiger partial charge in [0, 0.05) is 19.7 Å². The quantitative estimate of drug-likeness (QED) is 0.826. The number of carbonyl (C=O) groups is 1. The second-order valence-electron chi connectivity index (χ2n) is 4.78. The van der Waals surface area contributed by atoms with Crippen LogP contribution in [0.4, 0.5) is 0 Å². The Hall–Kier alpha value is -1.70. The fourth-order valence-electron chi connectivity index (χ4n) is 2.12. The molecule has 1 aromatic rings. The van der Waals surface area contributed by atoms with E-state index in [1.54, 1.807) is 12.1 Å². The van der Waals surface area contributed by atoms with E-state index in [1.807, 2.05) is 0 Å². The van der Waals surface area contributed by atoms with Gasteiger partial charge in [0.25, 0.3) is 0 Å². The summed E-state index contributed by atoms with van der Waals surface area (Å²) in [6.07, 6.45) is 3.01. The summed E-state index contributed by atoms with van der Waals surface area (Å²) in [4.78, 5) is 10.7. The van der Waals surface area contributed by atoms with Crippen molar-refractivity contribution in [1.29, 1.82) is 0 Å². The van der Waals surface area contributed by atoms with Crippen molar-refractivity contribution in [2.24, 2.45) is 0 Å². The zero-order valence-electron chi connectivity index (χ0n) is 11.6. The number of benzene rings is 1. The summed E-state index contributed by atoms with van der Waals surface area (Å²) >= 11 is 0. The molecule has 1 N–H and O–H groups in total. The Kier molecular flexibility index (Phi) is 4.76. The summed E-state index contributed by atoms with van der Waals surface area (Å²) in [6.45, 7) is 0.959. The maximum Gasteiger partial charge on any atom is 0.328 e. The third-order valence-corrected chi connectivity index (χ3v) is 5.28. The van der Waals surface area contributed by atoms with E-state index in [0.29, 0.717) is 25.2 Å². The van der Waals surface area contributed by atoms with Crippen LogP contribution in [0.3, 0.4) is 0 Å². The minimum atomic E-state index is -3.61. The number of sulfonamides is 1.